The van der Waals surface area contributed by atoms with E-state index in [1.54, 1.807) is 6.26 Å². The minimum Gasteiger partial charge on any atom is -0.468 e. The van der Waals surface area contributed by atoms with Crippen molar-refractivity contribution in [3.8, 4) is 0 Å². The van der Waals surface area contributed by atoms with Crippen LogP contribution in [0.4, 0.5) is 0 Å². The van der Waals surface area contributed by atoms with Crippen LogP contribution in [0.3, 0.4) is 0 Å². The van der Waals surface area contributed by atoms with Crippen molar-refractivity contribution in [2.75, 3.05) is 6.54 Å². The first-order valence-corrected chi connectivity index (χ1v) is 8.81. The number of carbonyl (C=O) groups excluding carboxylic acids is 1. The molecule has 4 heteroatoms. The van der Waals surface area contributed by atoms with Crippen molar-refractivity contribution in [3.63, 3.8) is 0 Å². The summed E-state index contributed by atoms with van der Waals surface area (Å²) in [4.78, 5) is 12.2. The number of hydrogen-bond acceptors (Lipinski definition) is 3. The van der Waals surface area contributed by atoms with Crippen LogP contribution in [0.1, 0.15) is 61.2 Å². The minimum atomic E-state index is -0.00127. The highest BCUT2D eigenvalue weighted by Gasteiger charge is 2.15. The van der Waals surface area contributed by atoms with Crippen LogP contribution in [0.5, 0.6) is 0 Å². The highest BCUT2D eigenvalue weighted by atomic mass is 16.3. The van der Waals surface area contributed by atoms with Crippen LogP contribution in [-0.4, -0.2) is 12.5 Å². The van der Waals surface area contributed by atoms with Gasteiger partial charge in [-0.1, -0.05) is 18.2 Å². The van der Waals surface area contributed by atoms with E-state index in [1.165, 1.54) is 36.0 Å². The fourth-order valence-corrected chi connectivity index (χ4v) is 3.28. The van der Waals surface area contributed by atoms with Crippen LogP contribution in [0.25, 0.3) is 0 Å². The molecule has 1 aliphatic carbocycles. The molecule has 3 rings (SSSR count). The number of rotatable bonds is 6. The number of carbonyl (C=O) groups is 1. The summed E-state index contributed by atoms with van der Waals surface area (Å²) >= 11 is 0. The number of amides is 1. The third-order valence-electron chi connectivity index (χ3n) is 4.79. The molecule has 0 saturated carbocycles. The third-order valence-corrected chi connectivity index (χ3v) is 4.79. The van der Waals surface area contributed by atoms with Gasteiger partial charge in [-0.25, -0.2) is 0 Å². The molecule has 1 amide bonds. The van der Waals surface area contributed by atoms with Crippen LogP contribution in [0.2, 0.25) is 0 Å². The van der Waals surface area contributed by atoms with Gasteiger partial charge in [0.2, 0.25) is 5.91 Å². The summed E-state index contributed by atoms with van der Waals surface area (Å²) in [6, 6.07) is 10.4. The lowest BCUT2D eigenvalue weighted by molar-refractivity contribution is -0.121. The summed E-state index contributed by atoms with van der Waals surface area (Å²) < 4.78 is 5.34. The van der Waals surface area contributed by atoms with E-state index in [9.17, 15) is 4.79 Å². The minimum absolute atomic E-state index is 0.00127. The van der Waals surface area contributed by atoms with Crippen molar-refractivity contribution >= 4 is 5.91 Å². The van der Waals surface area contributed by atoms with Gasteiger partial charge >= 0.3 is 0 Å². The SMILES string of the molecule is C[C@H](NC(=O)CN[C@@H](C)c1ccco1)c1ccc2c(c1)CCCC2. The third kappa shape index (κ3) is 4.06. The van der Waals surface area contributed by atoms with Crippen molar-refractivity contribution < 1.29 is 9.21 Å². The Morgan fingerprint density at radius 2 is 1.92 bits per heavy atom. The van der Waals surface area contributed by atoms with Crippen LogP contribution in [0.15, 0.2) is 41.0 Å². The number of fused-ring (bicyclic) bond motifs is 1. The van der Waals surface area contributed by atoms with E-state index in [0.29, 0.717) is 0 Å². The van der Waals surface area contributed by atoms with E-state index in [1.807, 2.05) is 26.0 Å². The molecule has 0 fully saturated rings. The van der Waals surface area contributed by atoms with Crippen LogP contribution >= 0.6 is 0 Å². The van der Waals surface area contributed by atoms with Gasteiger partial charge in [-0.15, -0.1) is 0 Å². The Kier molecular flexibility index (Phi) is 5.36. The zero-order valence-electron chi connectivity index (χ0n) is 14.5. The summed E-state index contributed by atoms with van der Waals surface area (Å²) in [5.41, 5.74) is 4.10. The molecule has 0 aliphatic heterocycles. The quantitative estimate of drug-likeness (QED) is 0.851. The van der Waals surface area contributed by atoms with E-state index >= 15 is 0 Å². The van der Waals surface area contributed by atoms with Crippen LogP contribution in [-0.2, 0) is 17.6 Å². The second-order valence-corrected chi connectivity index (χ2v) is 6.64. The Hall–Kier alpha value is -2.07. The van der Waals surface area contributed by atoms with Crippen molar-refractivity contribution in [2.45, 2.75) is 51.6 Å². The topological polar surface area (TPSA) is 54.3 Å². The predicted octanol–water partition coefficient (Wildman–Crippen LogP) is 3.69. The Morgan fingerprint density at radius 1 is 1.12 bits per heavy atom. The Bertz CT molecular complexity index is 679. The van der Waals surface area contributed by atoms with Gasteiger partial charge in [0, 0.05) is 0 Å². The first-order chi connectivity index (χ1) is 11.6. The fraction of sp³-hybridized carbons (Fsp3) is 0.450. The predicted molar refractivity (Wildman–Crippen MR) is 94.8 cm³/mol. The van der Waals surface area contributed by atoms with Gasteiger partial charge in [0.05, 0.1) is 24.9 Å². The number of aryl methyl sites for hydroxylation is 2. The van der Waals surface area contributed by atoms with Gasteiger partial charge in [-0.3, -0.25) is 10.1 Å². The molecule has 1 heterocycles. The number of furan rings is 1. The van der Waals surface area contributed by atoms with Crippen molar-refractivity contribution in [1.82, 2.24) is 10.6 Å². The van der Waals surface area contributed by atoms with Crippen molar-refractivity contribution in [1.29, 1.82) is 0 Å². The molecule has 0 bridgehead atoms. The molecular formula is C20H26N2O2. The van der Waals surface area contributed by atoms with Gasteiger partial charge in [0.25, 0.3) is 0 Å². The van der Waals surface area contributed by atoms with E-state index < -0.39 is 0 Å². The lowest BCUT2D eigenvalue weighted by Crippen LogP contribution is -2.36. The molecule has 0 radical (unpaired) electrons. The van der Waals surface area contributed by atoms with E-state index in [-0.39, 0.29) is 24.5 Å². The molecule has 2 atom stereocenters. The Morgan fingerprint density at radius 3 is 2.67 bits per heavy atom. The molecule has 128 valence electrons. The second-order valence-electron chi connectivity index (χ2n) is 6.64. The monoisotopic (exact) mass is 326 g/mol. The van der Waals surface area contributed by atoms with Gasteiger partial charge in [-0.05, 0) is 68.4 Å². The van der Waals surface area contributed by atoms with E-state index in [0.717, 1.165) is 12.2 Å². The molecule has 1 aromatic carbocycles. The molecule has 2 N–H and O–H groups in total. The molecule has 0 spiro atoms. The average Bonchev–Trinajstić information content (AvgIpc) is 3.14. The van der Waals surface area contributed by atoms with Crippen molar-refractivity contribution in [3.05, 3.63) is 59.0 Å². The molecule has 0 saturated heterocycles. The number of nitrogens with one attached hydrogen (secondary N) is 2. The molecule has 1 aliphatic rings. The Balaban J connectivity index is 1.52. The normalized spacial score (nSPS) is 16.2. The second kappa shape index (κ2) is 7.67. The van der Waals surface area contributed by atoms with E-state index in [2.05, 4.69) is 28.8 Å². The average molecular weight is 326 g/mol. The Labute approximate surface area is 143 Å². The summed E-state index contributed by atoms with van der Waals surface area (Å²) in [7, 11) is 0. The zero-order valence-corrected chi connectivity index (χ0v) is 14.5. The van der Waals surface area contributed by atoms with Gasteiger partial charge in [0.1, 0.15) is 5.76 Å². The summed E-state index contributed by atoms with van der Waals surface area (Å²) in [5.74, 6) is 0.837. The smallest absolute Gasteiger partial charge is 0.234 e. The molecule has 2 aromatic rings. The van der Waals surface area contributed by atoms with Gasteiger partial charge in [-0.2, -0.15) is 0 Å². The summed E-state index contributed by atoms with van der Waals surface area (Å²) in [6.07, 6.45) is 6.55. The lowest BCUT2D eigenvalue weighted by atomic mass is 9.89. The molecule has 1 aromatic heterocycles. The maximum Gasteiger partial charge on any atom is 0.234 e. The molecular weight excluding hydrogens is 300 g/mol. The number of benzene rings is 1. The van der Waals surface area contributed by atoms with Crippen molar-refractivity contribution in [2.24, 2.45) is 0 Å². The standard InChI is InChI=1S/C20H26N2O2/c1-14(17-10-9-16-6-3-4-7-18(16)12-17)22-20(23)13-21-15(2)19-8-5-11-24-19/h5,8-12,14-15,21H,3-4,6-7,13H2,1-2H3,(H,22,23)/t14-,15-/m0/s1. The van der Waals surface area contributed by atoms with Crippen LogP contribution in [0, 0.1) is 0 Å². The fourth-order valence-electron chi connectivity index (χ4n) is 3.28. The zero-order chi connectivity index (χ0) is 16.9. The maximum absolute atomic E-state index is 12.2. The molecule has 4 nitrogen and oxygen atoms in total. The maximum atomic E-state index is 12.2. The summed E-state index contributed by atoms with van der Waals surface area (Å²) in [6.45, 7) is 4.30. The molecule has 24 heavy (non-hydrogen) atoms. The van der Waals surface area contributed by atoms with Gasteiger partial charge < -0.3 is 9.73 Å². The van der Waals surface area contributed by atoms with Crippen LogP contribution < -0.4 is 10.6 Å². The first kappa shape index (κ1) is 16.8. The molecule has 0 unspecified atom stereocenters. The highest BCUT2D eigenvalue weighted by molar-refractivity contribution is 5.78. The van der Waals surface area contributed by atoms with Gasteiger partial charge in [0.15, 0.2) is 0 Å². The lowest BCUT2D eigenvalue weighted by Gasteiger charge is -2.20. The largest absolute Gasteiger partial charge is 0.468 e. The number of hydrogen-bond donors (Lipinski definition) is 2. The highest BCUT2D eigenvalue weighted by Crippen LogP contribution is 2.24. The first-order valence-electron chi connectivity index (χ1n) is 8.81. The summed E-state index contributed by atoms with van der Waals surface area (Å²) in [5, 5.41) is 6.26. The van der Waals surface area contributed by atoms with E-state index in [4.69, 9.17) is 4.42 Å².